The molecule has 0 bridgehead atoms. The molecule has 0 aliphatic heterocycles. The molecule has 0 saturated heterocycles. The summed E-state index contributed by atoms with van der Waals surface area (Å²) in [6, 6.07) is 16.5. The second kappa shape index (κ2) is 7.59. The van der Waals surface area contributed by atoms with E-state index in [1.54, 1.807) is 18.2 Å². The van der Waals surface area contributed by atoms with Crippen molar-refractivity contribution in [1.29, 1.82) is 0 Å². The number of hydrogen-bond acceptors (Lipinski definition) is 5. The van der Waals surface area contributed by atoms with Crippen LogP contribution in [0.5, 0.6) is 0 Å². The van der Waals surface area contributed by atoms with E-state index in [1.165, 1.54) is 16.3 Å². The second-order valence-corrected chi connectivity index (χ2v) is 6.67. The first-order valence-corrected chi connectivity index (χ1v) is 8.97. The van der Waals surface area contributed by atoms with Crippen molar-refractivity contribution in [2.45, 2.75) is 25.9 Å². The molecule has 0 unspecified atom stereocenters. The Morgan fingerprint density at radius 2 is 1.89 bits per heavy atom. The minimum Gasteiger partial charge on any atom is -0.364 e. The zero-order valence-electron chi connectivity index (χ0n) is 15.3. The summed E-state index contributed by atoms with van der Waals surface area (Å²) in [5.41, 5.74) is 1.81. The van der Waals surface area contributed by atoms with E-state index >= 15 is 0 Å². The van der Waals surface area contributed by atoms with Gasteiger partial charge in [-0.25, -0.2) is 14.2 Å². The van der Waals surface area contributed by atoms with Gasteiger partial charge in [-0.05, 0) is 25.0 Å². The number of aromatic nitrogens is 5. The molecule has 4 aromatic rings. The van der Waals surface area contributed by atoms with Gasteiger partial charge in [-0.15, -0.1) is 5.10 Å². The lowest BCUT2D eigenvalue weighted by molar-refractivity contribution is 0.583. The largest absolute Gasteiger partial charge is 0.364 e. The molecule has 2 aromatic carbocycles. The highest BCUT2D eigenvalue weighted by molar-refractivity contribution is 5.84. The Hall–Kier alpha value is -3.55. The highest BCUT2D eigenvalue weighted by Crippen LogP contribution is 2.18. The lowest BCUT2D eigenvalue weighted by Crippen LogP contribution is -2.22. The number of nitrogens with zero attached hydrogens (tertiary/aromatic N) is 4. The van der Waals surface area contributed by atoms with E-state index in [4.69, 9.17) is 0 Å². The number of aromatic amines is 1. The van der Waals surface area contributed by atoms with Gasteiger partial charge in [-0.1, -0.05) is 53.7 Å². The van der Waals surface area contributed by atoms with Crippen LogP contribution in [-0.2, 0) is 13.0 Å². The maximum atomic E-state index is 14.0. The van der Waals surface area contributed by atoms with E-state index in [2.05, 4.69) is 38.0 Å². The van der Waals surface area contributed by atoms with Crippen LogP contribution < -0.4 is 10.9 Å². The van der Waals surface area contributed by atoms with Gasteiger partial charge in [0.25, 0.3) is 5.56 Å². The van der Waals surface area contributed by atoms with Gasteiger partial charge < -0.3 is 5.32 Å². The van der Waals surface area contributed by atoms with E-state index in [9.17, 15) is 9.18 Å². The first-order valence-electron chi connectivity index (χ1n) is 8.97. The molecule has 0 radical (unpaired) electrons. The topological polar surface area (TPSA) is 88.5 Å². The Kier molecular flexibility index (Phi) is 4.84. The van der Waals surface area contributed by atoms with E-state index in [0.717, 1.165) is 6.42 Å². The molecule has 28 heavy (non-hydrogen) atoms. The van der Waals surface area contributed by atoms with Crippen LogP contribution in [0.4, 0.5) is 10.2 Å². The van der Waals surface area contributed by atoms with Gasteiger partial charge in [0.15, 0.2) is 16.9 Å². The van der Waals surface area contributed by atoms with Crippen molar-refractivity contribution in [1.82, 2.24) is 25.2 Å². The van der Waals surface area contributed by atoms with Gasteiger partial charge in [0, 0.05) is 11.6 Å². The normalized spacial score (nSPS) is 12.2. The number of benzene rings is 2. The molecule has 2 heterocycles. The van der Waals surface area contributed by atoms with Crippen molar-refractivity contribution >= 4 is 16.9 Å². The summed E-state index contributed by atoms with van der Waals surface area (Å²) < 4.78 is 15.4. The van der Waals surface area contributed by atoms with E-state index in [-0.39, 0.29) is 23.9 Å². The third-order valence-electron chi connectivity index (χ3n) is 4.49. The maximum absolute atomic E-state index is 14.0. The van der Waals surface area contributed by atoms with Crippen molar-refractivity contribution in [3.05, 3.63) is 81.9 Å². The van der Waals surface area contributed by atoms with E-state index < -0.39 is 5.56 Å². The monoisotopic (exact) mass is 378 g/mol. The summed E-state index contributed by atoms with van der Waals surface area (Å²) in [6.07, 6.45) is 0.784. The molecular formula is C20H19FN6O. The Morgan fingerprint density at radius 3 is 2.68 bits per heavy atom. The first-order chi connectivity index (χ1) is 13.6. The van der Waals surface area contributed by atoms with Crippen molar-refractivity contribution in [2.24, 2.45) is 0 Å². The van der Waals surface area contributed by atoms with Crippen molar-refractivity contribution in [3.8, 4) is 0 Å². The van der Waals surface area contributed by atoms with Crippen LogP contribution in [0, 0.1) is 5.82 Å². The van der Waals surface area contributed by atoms with Crippen LogP contribution in [0.2, 0.25) is 0 Å². The second-order valence-electron chi connectivity index (χ2n) is 6.67. The number of rotatable bonds is 6. The number of fused-ring (bicyclic) bond motifs is 1. The Morgan fingerprint density at radius 1 is 1.14 bits per heavy atom. The van der Waals surface area contributed by atoms with Gasteiger partial charge >= 0.3 is 0 Å². The molecular weight excluding hydrogens is 359 g/mol. The third-order valence-corrected chi connectivity index (χ3v) is 4.49. The molecule has 7 nitrogen and oxygen atoms in total. The number of halogens is 1. The Balaban J connectivity index is 1.62. The predicted octanol–water partition coefficient (Wildman–Crippen LogP) is 2.75. The van der Waals surface area contributed by atoms with E-state index in [1.807, 2.05) is 25.1 Å². The van der Waals surface area contributed by atoms with Crippen LogP contribution in [-0.4, -0.2) is 31.2 Å². The fourth-order valence-electron chi connectivity index (χ4n) is 3.16. The molecule has 0 saturated carbocycles. The van der Waals surface area contributed by atoms with Crippen molar-refractivity contribution in [2.75, 3.05) is 5.32 Å². The summed E-state index contributed by atoms with van der Waals surface area (Å²) in [5, 5.41) is 18.0. The molecule has 2 aromatic heterocycles. The molecule has 4 rings (SSSR count). The minimum absolute atomic E-state index is 0.0562. The first kappa shape index (κ1) is 17.8. The average Bonchev–Trinajstić information content (AvgIpc) is 3.11. The maximum Gasteiger partial charge on any atom is 0.292 e. The molecule has 142 valence electrons. The molecule has 0 spiro atoms. The standard InChI is InChI=1S/C20H19FN6O/c1-13(11-14-7-3-2-4-8-14)22-19-17-18(20(28)25-24-19)27(26-23-17)12-15-9-5-6-10-16(15)21/h2-10,13H,11-12H2,1H3,(H,22,24)(H,25,28)/t13-/m0/s1. The number of hydrogen-bond donors (Lipinski definition) is 2. The molecule has 0 amide bonds. The summed E-state index contributed by atoms with van der Waals surface area (Å²) in [6.45, 7) is 2.13. The summed E-state index contributed by atoms with van der Waals surface area (Å²) >= 11 is 0. The summed E-state index contributed by atoms with van der Waals surface area (Å²) in [7, 11) is 0. The van der Waals surface area contributed by atoms with Gasteiger partial charge in [-0.3, -0.25) is 4.79 Å². The lowest BCUT2D eigenvalue weighted by atomic mass is 10.1. The third kappa shape index (κ3) is 3.62. The molecule has 8 heteroatoms. The van der Waals surface area contributed by atoms with Crippen LogP contribution >= 0.6 is 0 Å². The zero-order chi connectivity index (χ0) is 19.5. The zero-order valence-corrected chi connectivity index (χ0v) is 15.3. The molecule has 2 N–H and O–H groups in total. The van der Waals surface area contributed by atoms with Crippen LogP contribution in [0.3, 0.4) is 0 Å². The van der Waals surface area contributed by atoms with Crippen LogP contribution in [0.15, 0.2) is 59.4 Å². The van der Waals surface area contributed by atoms with Crippen LogP contribution in [0.25, 0.3) is 11.0 Å². The van der Waals surface area contributed by atoms with Gasteiger partial charge in [0.1, 0.15) is 5.82 Å². The van der Waals surface area contributed by atoms with Crippen molar-refractivity contribution < 1.29 is 4.39 Å². The SMILES string of the molecule is C[C@@H](Cc1ccccc1)Nc1n[nH]c(=O)c2c1nnn2Cc1ccccc1F. The van der Waals surface area contributed by atoms with Gasteiger partial charge in [0.2, 0.25) is 0 Å². The molecule has 0 fully saturated rings. The lowest BCUT2D eigenvalue weighted by Gasteiger charge is -2.14. The number of anilines is 1. The molecule has 0 aliphatic rings. The minimum atomic E-state index is -0.419. The fourth-order valence-corrected chi connectivity index (χ4v) is 3.16. The van der Waals surface area contributed by atoms with Crippen molar-refractivity contribution in [3.63, 3.8) is 0 Å². The number of nitrogens with one attached hydrogen (secondary N) is 2. The molecule has 0 aliphatic carbocycles. The average molecular weight is 378 g/mol. The fraction of sp³-hybridized carbons (Fsp3) is 0.200. The summed E-state index contributed by atoms with van der Waals surface area (Å²) in [5.74, 6) is 0.0873. The van der Waals surface area contributed by atoms with Crippen LogP contribution in [0.1, 0.15) is 18.1 Å². The Bertz CT molecular complexity index is 1150. The quantitative estimate of drug-likeness (QED) is 0.539. The van der Waals surface area contributed by atoms with Gasteiger partial charge in [-0.2, -0.15) is 5.10 Å². The highest BCUT2D eigenvalue weighted by atomic mass is 19.1. The summed E-state index contributed by atoms with van der Waals surface area (Å²) in [4.78, 5) is 12.3. The van der Waals surface area contributed by atoms with E-state index in [0.29, 0.717) is 16.9 Å². The number of H-pyrrole nitrogens is 1. The highest BCUT2D eigenvalue weighted by Gasteiger charge is 2.17. The predicted molar refractivity (Wildman–Crippen MR) is 105 cm³/mol. The van der Waals surface area contributed by atoms with Gasteiger partial charge in [0.05, 0.1) is 6.54 Å². The Labute approximate surface area is 160 Å². The molecule has 1 atom stereocenters. The smallest absolute Gasteiger partial charge is 0.292 e.